The van der Waals surface area contributed by atoms with E-state index < -0.39 is 10.0 Å². The molecule has 0 aliphatic carbocycles. The average Bonchev–Trinajstić information content (AvgIpc) is 2.95. The molecular weight excluding hydrogens is 344 g/mol. The van der Waals surface area contributed by atoms with Crippen molar-refractivity contribution >= 4 is 33.1 Å². The molecule has 0 atom stereocenters. The number of aromatic nitrogens is 1. The average molecular weight is 362 g/mol. The van der Waals surface area contributed by atoms with E-state index in [9.17, 15) is 13.2 Å². The van der Waals surface area contributed by atoms with Gasteiger partial charge in [0.1, 0.15) is 5.82 Å². The Bertz CT molecular complexity index is 882. The lowest BCUT2D eigenvalue weighted by Gasteiger charge is -2.10. The molecule has 3 rings (SSSR count). The van der Waals surface area contributed by atoms with E-state index >= 15 is 0 Å². The van der Waals surface area contributed by atoms with Gasteiger partial charge in [-0.15, -0.1) is 0 Å². The van der Waals surface area contributed by atoms with Crippen LogP contribution < -0.4 is 15.4 Å². The third-order valence-electron chi connectivity index (χ3n) is 3.65. The van der Waals surface area contributed by atoms with Crippen molar-refractivity contribution in [2.24, 2.45) is 0 Å². The van der Waals surface area contributed by atoms with Gasteiger partial charge in [0.05, 0.1) is 29.8 Å². The first kappa shape index (κ1) is 17.2. The molecule has 0 saturated carbocycles. The molecular formula is C16H18N4O4S. The van der Waals surface area contributed by atoms with Gasteiger partial charge in [-0.25, -0.2) is 13.4 Å². The molecule has 1 aliphatic rings. The molecule has 0 saturated heterocycles. The second-order valence-electron chi connectivity index (χ2n) is 5.50. The summed E-state index contributed by atoms with van der Waals surface area (Å²) < 4.78 is 32.4. The molecule has 0 spiro atoms. The number of benzene rings is 1. The largest absolute Gasteiger partial charge is 0.383 e. The number of rotatable bonds is 7. The van der Waals surface area contributed by atoms with Crippen LogP contribution in [0.2, 0.25) is 0 Å². The Morgan fingerprint density at radius 2 is 2.12 bits per heavy atom. The van der Waals surface area contributed by atoms with E-state index in [4.69, 9.17) is 4.74 Å². The summed E-state index contributed by atoms with van der Waals surface area (Å²) in [5.41, 5.74) is 2.08. The molecule has 1 aromatic heterocycles. The number of hydrogen-bond donors (Lipinski definition) is 3. The molecule has 1 aromatic carbocycles. The van der Waals surface area contributed by atoms with Crippen molar-refractivity contribution in [2.45, 2.75) is 11.3 Å². The highest BCUT2D eigenvalue weighted by atomic mass is 32.2. The molecule has 0 bridgehead atoms. The van der Waals surface area contributed by atoms with Crippen molar-refractivity contribution in [1.82, 2.24) is 4.98 Å². The van der Waals surface area contributed by atoms with Gasteiger partial charge in [0.2, 0.25) is 5.91 Å². The summed E-state index contributed by atoms with van der Waals surface area (Å²) in [7, 11) is -2.16. The van der Waals surface area contributed by atoms with Crippen LogP contribution in [0.4, 0.5) is 17.2 Å². The Morgan fingerprint density at radius 3 is 2.84 bits per heavy atom. The predicted octanol–water partition coefficient (Wildman–Crippen LogP) is 1.44. The fraction of sp³-hybridized carbons (Fsp3) is 0.250. The van der Waals surface area contributed by atoms with Gasteiger partial charge in [-0.05, 0) is 35.9 Å². The molecule has 9 heteroatoms. The summed E-state index contributed by atoms with van der Waals surface area (Å²) in [6.45, 7) is 1.19. The zero-order chi connectivity index (χ0) is 17.9. The molecule has 2 aromatic rings. The maximum Gasteiger partial charge on any atom is 0.263 e. The number of sulfonamides is 1. The number of methoxy groups -OCH3 is 1. The van der Waals surface area contributed by atoms with Crippen molar-refractivity contribution < 1.29 is 17.9 Å². The summed E-state index contributed by atoms with van der Waals surface area (Å²) >= 11 is 0. The molecule has 1 amide bonds. The van der Waals surface area contributed by atoms with Crippen LogP contribution in [-0.2, 0) is 26.0 Å². The number of nitrogens with zero attached hydrogens (tertiary/aromatic N) is 1. The molecule has 25 heavy (non-hydrogen) atoms. The van der Waals surface area contributed by atoms with E-state index in [1.807, 2.05) is 0 Å². The summed E-state index contributed by atoms with van der Waals surface area (Å²) in [6.07, 6.45) is 1.72. The molecule has 0 fully saturated rings. The van der Waals surface area contributed by atoms with Gasteiger partial charge in [-0.1, -0.05) is 0 Å². The first-order valence-electron chi connectivity index (χ1n) is 7.62. The topological polar surface area (TPSA) is 109 Å². The molecule has 132 valence electrons. The number of ether oxygens (including phenoxy) is 1. The molecule has 0 radical (unpaired) electrons. The molecule has 3 N–H and O–H groups in total. The second-order valence-corrected chi connectivity index (χ2v) is 7.18. The number of fused-ring (bicyclic) bond motifs is 1. The van der Waals surface area contributed by atoms with E-state index in [1.165, 1.54) is 12.1 Å². The van der Waals surface area contributed by atoms with Crippen LogP contribution in [0.15, 0.2) is 41.4 Å². The van der Waals surface area contributed by atoms with Gasteiger partial charge in [0, 0.05) is 19.3 Å². The van der Waals surface area contributed by atoms with Crippen molar-refractivity contribution in [1.29, 1.82) is 0 Å². The highest BCUT2D eigenvalue weighted by molar-refractivity contribution is 7.92. The highest BCUT2D eigenvalue weighted by Crippen LogP contribution is 2.26. The minimum absolute atomic E-state index is 0.0897. The van der Waals surface area contributed by atoms with Crippen LogP contribution in [0.3, 0.4) is 0 Å². The van der Waals surface area contributed by atoms with Crippen LogP contribution in [0.5, 0.6) is 0 Å². The maximum atomic E-state index is 12.5. The smallest absolute Gasteiger partial charge is 0.263 e. The Balaban J connectivity index is 1.71. The monoisotopic (exact) mass is 362 g/mol. The molecule has 8 nitrogen and oxygen atoms in total. The third-order valence-corrected chi connectivity index (χ3v) is 5.00. The zero-order valence-electron chi connectivity index (χ0n) is 13.6. The van der Waals surface area contributed by atoms with Crippen LogP contribution in [0.1, 0.15) is 5.56 Å². The van der Waals surface area contributed by atoms with E-state index in [1.54, 1.807) is 31.5 Å². The molecule has 1 aliphatic heterocycles. The number of carbonyl (C=O) groups excluding carboxylic acids is 1. The summed E-state index contributed by atoms with van der Waals surface area (Å²) in [6, 6.07) is 7.84. The van der Waals surface area contributed by atoms with Crippen LogP contribution in [0.25, 0.3) is 0 Å². The lowest BCUT2D eigenvalue weighted by molar-refractivity contribution is -0.115. The number of amides is 1. The molecule has 0 unspecified atom stereocenters. The lowest BCUT2D eigenvalue weighted by Crippen LogP contribution is -2.14. The van der Waals surface area contributed by atoms with E-state index in [0.717, 1.165) is 5.69 Å². The number of hydrogen-bond acceptors (Lipinski definition) is 6. The number of anilines is 3. The Hall–Kier alpha value is -2.65. The van der Waals surface area contributed by atoms with E-state index in [-0.39, 0.29) is 23.0 Å². The van der Waals surface area contributed by atoms with Crippen molar-refractivity contribution in [3.05, 3.63) is 42.1 Å². The fourth-order valence-electron chi connectivity index (χ4n) is 2.43. The van der Waals surface area contributed by atoms with E-state index in [2.05, 4.69) is 20.3 Å². The Labute approximate surface area is 145 Å². The highest BCUT2D eigenvalue weighted by Gasteiger charge is 2.22. The van der Waals surface area contributed by atoms with Gasteiger partial charge in [-0.2, -0.15) is 0 Å². The Morgan fingerprint density at radius 1 is 1.28 bits per heavy atom. The predicted molar refractivity (Wildman–Crippen MR) is 94.2 cm³/mol. The van der Waals surface area contributed by atoms with Crippen LogP contribution in [-0.4, -0.2) is 39.6 Å². The lowest BCUT2D eigenvalue weighted by atomic mass is 10.2. The number of pyridine rings is 1. The number of carbonyl (C=O) groups is 1. The first-order valence-corrected chi connectivity index (χ1v) is 9.11. The zero-order valence-corrected chi connectivity index (χ0v) is 14.4. The first-order chi connectivity index (χ1) is 12.0. The second kappa shape index (κ2) is 7.08. The van der Waals surface area contributed by atoms with E-state index in [0.29, 0.717) is 24.4 Å². The SMILES string of the molecule is COCCNc1ccc(NS(=O)(=O)c2ccc3c(c2)CC(=O)N3)nc1. The third kappa shape index (κ3) is 4.06. The van der Waals surface area contributed by atoms with Crippen molar-refractivity contribution in [3.63, 3.8) is 0 Å². The summed E-state index contributed by atoms with van der Waals surface area (Å²) in [5, 5.41) is 5.77. The standard InChI is InChI=1S/C16H18N4O4S/c1-24-7-6-17-12-2-5-15(18-10-12)20-25(22,23)13-3-4-14-11(8-13)9-16(21)19-14/h2-5,8,10,17H,6-7,9H2,1H3,(H,18,20)(H,19,21). The van der Waals surface area contributed by atoms with Crippen LogP contribution >= 0.6 is 0 Å². The van der Waals surface area contributed by atoms with Crippen molar-refractivity contribution in [2.75, 3.05) is 35.6 Å². The van der Waals surface area contributed by atoms with Crippen LogP contribution in [0, 0.1) is 0 Å². The van der Waals surface area contributed by atoms with Gasteiger partial charge >= 0.3 is 0 Å². The number of nitrogens with one attached hydrogen (secondary N) is 3. The van der Waals surface area contributed by atoms with Gasteiger partial charge < -0.3 is 15.4 Å². The Kier molecular flexibility index (Phi) is 4.86. The van der Waals surface area contributed by atoms with Gasteiger partial charge in [-0.3, -0.25) is 9.52 Å². The van der Waals surface area contributed by atoms with Crippen molar-refractivity contribution in [3.8, 4) is 0 Å². The quantitative estimate of drug-likeness (QED) is 0.643. The fourth-order valence-corrected chi connectivity index (χ4v) is 3.48. The van der Waals surface area contributed by atoms with Gasteiger partial charge in [0.15, 0.2) is 0 Å². The minimum Gasteiger partial charge on any atom is -0.383 e. The minimum atomic E-state index is -3.78. The molecule has 2 heterocycles. The summed E-state index contributed by atoms with van der Waals surface area (Å²) in [5.74, 6) is 0.0720. The maximum absolute atomic E-state index is 12.5. The normalized spacial score (nSPS) is 13.2. The van der Waals surface area contributed by atoms with Gasteiger partial charge in [0.25, 0.3) is 10.0 Å². The summed E-state index contributed by atoms with van der Waals surface area (Å²) in [4.78, 5) is 15.6.